The van der Waals surface area contributed by atoms with Crippen molar-refractivity contribution in [2.75, 3.05) is 6.61 Å². The van der Waals surface area contributed by atoms with E-state index in [1.807, 2.05) is 28.8 Å². The van der Waals surface area contributed by atoms with Gasteiger partial charge in [0, 0.05) is 28.5 Å². The molecule has 0 saturated carbocycles. The van der Waals surface area contributed by atoms with Gasteiger partial charge in [-0.15, -0.1) is 0 Å². The quantitative estimate of drug-likeness (QED) is 0.659. The summed E-state index contributed by atoms with van der Waals surface area (Å²) in [6, 6.07) is 13.0. The molecule has 1 aliphatic rings. The van der Waals surface area contributed by atoms with Crippen LogP contribution in [-0.4, -0.2) is 17.0 Å². The maximum atomic E-state index is 12.4. The Morgan fingerprint density at radius 3 is 3.08 bits per heavy atom. The van der Waals surface area contributed by atoms with E-state index in [2.05, 4.69) is 6.07 Å². The van der Waals surface area contributed by atoms with Crippen LogP contribution >= 0.6 is 11.6 Å². The van der Waals surface area contributed by atoms with Gasteiger partial charge in [0.05, 0.1) is 16.7 Å². The zero-order valence-corrected chi connectivity index (χ0v) is 14.4. The van der Waals surface area contributed by atoms with Crippen LogP contribution in [0.2, 0.25) is 5.02 Å². The monoisotopic (exact) mass is 364 g/mol. The molecular formula is C20H13ClN2O3. The average molecular weight is 365 g/mol. The lowest BCUT2D eigenvalue weighted by Crippen LogP contribution is -2.17. The standard InChI is InChI=1S/C20H13ClN2O3/c21-16-4-5-19-13(8-16)7-14(11-25-19)20(24)26-12-15-10-23-6-2-1-3-18(23)17(15)9-22/h1-8,10H,11-12H2. The zero-order chi connectivity index (χ0) is 18.1. The molecule has 5 nitrogen and oxygen atoms in total. The maximum Gasteiger partial charge on any atom is 0.337 e. The number of benzene rings is 1. The molecule has 4 rings (SSSR count). The van der Waals surface area contributed by atoms with Crippen molar-refractivity contribution in [1.82, 2.24) is 4.40 Å². The van der Waals surface area contributed by atoms with Crippen molar-refractivity contribution < 1.29 is 14.3 Å². The summed E-state index contributed by atoms with van der Waals surface area (Å²) in [5.41, 5.74) is 3.09. The molecule has 3 aromatic rings. The molecule has 0 bridgehead atoms. The molecule has 3 heterocycles. The van der Waals surface area contributed by atoms with Gasteiger partial charge >= 0.3 is 5.97 Å². The van der Waals surface area contributed by atoms with Crippen LogP contribution in [0.4, 0.5) is 0 Å². The van der Waals surface area contributed by atoms with Gasteiger partial charge in [-0.2, -0.15) is 5.26 Å². The van der Waals surface area contributed by atoms with Crippen LogP contribution in [-0.2, 0) is 16.1 Å². The summed E-state index contributed by atoms with van der Waals surface area (Å²) in [7, 11) is 0. The van der Waals surface area contributed by atoms with Gasteiger partial charge < -0.3 is 13.9 Å². The van der Waals surface area contributed by atoms with Crippen LogP contribution in [0, 0.1) is 11.3 Å². The van der Waals surface area contributed by atoms with Crippen molar-refractivity contribution in [2.24, 2.45) is 0 Å². The first-order chi connectivity index (χ1) is 12.7. The molecule has 0 amide bonds. The largest absolute Gasteiger partial charge is 0.488 e. The summed E-state index contributed by atoms with van der Waals surface area (Å²) in [6.45, 7) is 0.152. The van der Waals surface area contributed by atoms with Crippen molar-refractivity contribution in [3.05, 3.63) is 76.1 Å². The van der Waals surface area contributed by atoms with Crippen molar-refractivity contribution in [2.45, 2.75) is 6.61 Å². The Bertz CT molecular complexity index is 1090. The van der Waals surface area contributed by atoms with Gasteiger partial charge in [-0.3, -0.25) is 0 Å². The van der Waals surface area contributed by atoms with Crippen LogP contribution < -0.4 is 4.74 Å². The summed E-state index contributed by atoms with van der Waals surface area (Å²) in [6.07, 6.45) is 5.36. The predicted molar refractivity (Wildman–Crippen MR) is 96.8 cm³/mol. The minimum Gasteiger partial charge on any atom is -0.488 e. The van der Waals surface area contributed by atoms with Crippen molar-refractivity contribution in [1.29, 1.82) is 5.26 Å². The summed E-state index contributed by atoms with van der Waals surface area (Å²) in [4.78, 5) is 12.4. The molecule has 1 aliphatic heterocycles. The molecule has 0 spiro atoms. The second kappa shape index (κ2) is 6.58. The minimum absolute atomic E-state index is 0.0170. The number of rotatable bonds is 3. The number of hydrogen-bond acceptors (Lipinski definition) is 4. The third-order valence-electron chi connectivity index (χ3n) is 4.18. The molecule has 0 N–H and O–H groups in total. The van der Waals surface area contributed by atoms with E-state index in [0.29, 0.717) is 27.5 Å². The third kappa shape index (κ3) is 2.92. The third-order valence-corrected chi connectivity index (χ3v) is 4.41. The highest BCUT2D eigenvalue weighted by molar-refractivity contribution is 6.30. The number of carbonyl (C=O) groups is 1. The summed E-state index contributed by atoms with van der Waals surface area (Å²) in [5, 5.41) is 9.97. The van der Waals surface area contributed by atoms with E-state index in [1.165, 1.54) is 0 Å². The van der Waals surface area contributed by atoms with Gasteiger partial charge in [0.2, 0.25) is 0 Å². The summed E-state index contributed by atoms with van der Waals surface area (Å²) >= 11 is 5.98. The van der Waals surface area contributed by atoms with Gasteiger partial charge in [-0.25, -0.2) is 4.79 Å². The Morgan fingerprint density at radius 2 is 2.23 bits per heavy atom. The number of carbonyl (C=O) groups excluding carboxylic acids is 1. The number of nitriles is 1. The number of ether oxygens (including phenoxy) is 2. The van der Waals surface area contributed by atoms with E-state index in [4.69, 9.17) is 21.1 Å². The van der Waals surface area contributed by atoms with E-state index < -0.39 is 5.97 Å². The Morgan fingerprint density at radius 1 is 1.35 bits per heavy atom. The Kier molecular flexibility index (Phi) is 4.11. The molecule has 128 valence electrons. The Hall–Kier alpha value is -3.23. The van der Waals surface area contributed by atoms with Crippen molar-refractivity contribution in [3.8, 4) is 11.8 Å². The molecule has 0 fully saturated rings. The highest BCUT2D eigenvalue weighted by Gasteiger charge is 2.20. The van der Waals surface area contributed by atoms with Crippen LogP contribution in [0.1, 0.15) is 16.7 Å². The molecule has 0 unspecified atom stereocenters. The fraction of sp³-hybridized carbons (Fsp3) is 0.100. The summed E-state index contributed by atoms with van der Waals surface area (Å²) < 4.78 is 12.8. The molecule has 2 aromatic heterocycles. The number of nitrogens with zero attached hydrogens (tertiary/aromatic N) is 2. The topological polar surface area (TPSA) is 63.7 Å². The lowest BCUT2D eigenvalue weighted by Gasteiger charge is -2.17. The predicted octanol–water partition coefficient (Wildman–Crippen LogP) is 3.98. The summed E-state index contributed by atoms with van der Waals surface area (Å²) in [5.74, 6) is 0.200. The number of fused-ring (bicyclic) bond motifs is 2. The Labute approximate surface area is 154 Å². The van der Waals surface area contributed by atoms with Gasteiger partial charge in [-0.05, 0) is 36.4 Å². The fourth-order valence-corrected chi connectivity index (χ4v) is 3.10. The van der Waals surface area contributed by atoms with Gasteiger partial charge in [0.15, 0.2) is 0 Å². The number of halogens is 1. The molecule has 0 saturated heterocycles. The molecule has 26 heavy (non-hydrogen) atoms. The van der Waals surface area contributed by atoms with E-state index in [9.17, 15) is 10.1 Å². The van der Waals surface area contributed by atoms with E-state index in [1.54, 1.807) is 30.5 Å². The fourth-order valence-electron chi connectivity index (χ4n) is 2.92. The van der Waals surface area contributed by atoms with E-state index in [0.717, 1.165) is 11.1 Å². The molecule has 0 atom stereocenters. The lowest BCUT2D eigenvalue weighted by molar-refractivity contribution is -0.140. The van der Waals surface area contributed by atoms with Crippen LogP contribution in [0.3, 0.4) is 0 Å². The first-order valence-electron chi connectivity index (χ1n) is 7.94. The number of esters is 1. The maximum absolute atomic E-state index is 12.4. The number of hydrogen-bond donors (Lipinski definition) is 0. The van der Waals surface area contributed by atoms with E-state index >= 15 is 0 Å². The molecular weight excluding hydrogens is 352 g/mol. The molecule has 0 radical (unpaired) electrons. The SMILES string of the molecule is N#Cc1c(COC(=O)C2=Cc3cc(Cl)ccc3OC2)cn2ccccc12. The first kappa shape index (κ1) is 16.2. The molecule has 1 aromatic carbocycles. The van der Waals surface area contributed by atoms with Crippen LogP contribution in [0.25, 0.3) is 11.6 Å². The average Bonchev–Trinajstić information content (AvgIpc) is 3.02. The van der Waals surface area contributed by atoms with Crippen LogP contribution in [0.5, 0.6) is 5.75 Å². The smallest absolute Gasteiger partial charge is 0.337 e. The van der Waals surface area contributed by atoms with Gasteiger partial charge in [-0.1, -0.05) is 17.7 Å². The number of aromatic nitrogens is 1. The normalized spacial score (nSPS) is 12.7. The second-order valence-corrected chi connectivity index (χ2v) is 6.29. The molecule has 0 aliphatic carbocycles. The van der Waals surface area contributed by atoms with Gasteiger partial charge in [0.1, 0.15) is 25.0 Å². The highest BCUT2D eigenvalue weighted by Crippen LogP contribution is 2.29. The van der Waals surface area contributed by atoms with Crippen LogP contribution in [0.15, 0.2) is 54.4 Å². The highest BCUT2D eigenvalue weighted by atomic mass is 35.5. The lowest BCUT2D eigenvalue weighted by atomic mass is 10.1. The van der Waals surface area contributed by atoms with Crippen molar-refractivity contribution >= 4 is 29.2 Å². The minimum atomic E-state index is -0.477. The Balaban J connectivity index is 1.54. The first-order valence-corrected chi connectivity index (χ1v) is 8.32. The van der Waals surface area contributed by atoms with E-state index in [-0.39, 0.29) is 13.2 Å². The van der Waals surface area contributed by atoms with Crippen molar-refractivity contribution in [3.63, 3.8) is 0 Å². The molecule has 6 heteroatoms. The van der Waals surface area contributed by atoms with Gasteiger partial charge in [0.25, 0.3) is 0 Å². The second-order valence-electron chi connectivity index (χ2n) is 5.85. The number of pyridine rings is 1. The zero-order valence-electron chi connectivity index (χ0n) is 13.6.